The number of para-hydroxylation sites is 2. The lowest BCUT2D eigenvalue weighted by molar-refractivity contribution is -0.137. The number of benzene rings is 8. The fourth-order valence-corrected chi connectivity index (χ4v) is 9.00. The van der Waals surface area contributed by atoms with Crippen molar-refractivity contribution >= 4 is 43.6 Å². The van der Waals surface area contributed by atoms with Gasteiger partial charge in [0, 0.05) is 27.1 Å². The van der Waals surface area contributed by atoms with Gasteiger partial charge in [0.05, 0.1) is 103 Å². The number of hydrogen-bond acceptors (Lipinski definition) is 6. The Morgan fingerprint density at radius 2 is 0.803 bits per heavy atom. The van der Waals surface area contributed by atoms with Crippen molar-refractivity contribution in [1.82, 2.24) is 9.13 Å². The van der Waals surface area contributed by atoms with E-state index in [0.717, 1.165) is 27.6 Å². The van der Waals surface area contributed by atoms with Crippen LogP contribution in [0.5, 0.6) is 0 Å². The largest absolute Gasteiger partial charge is 0.417 e. The highest BCUT2D eigenvalue weighted by Crippen LogP contribution is 2.45. The van der Waals surface area contributed by atoms with Gasteiger partial charge < -0.3 is 9.13 Å². The molecule has 11 heteroatoms. The number of fused-ring (bicyclic) bond motifs is 6. The molecule has 10 rings (SSSR count). The maximum absolute atomic E-state index is 15.4. The zero-order chi connectivity index (χ0) is 45.9. The minimum absolute atomic E-state index is 0.106. The number of aromatic nitrogens is 2. The van der Waals surface area contributed by atoms with Crippen LogP contribution >= 0.6 is 0 Å². The zero-order valence-electron chi connectivity index (χ0n) is 34.1. The minimum Gasteiger partial charge on any atom is -0.309 e. The summed E-state index contributed by atoms with van der Waals surface area (Å²) >= 11 is 0. The van der Waals surface area contributed by atoms with Crippen LogP contribution in [0.15, 0.2) is 152 Å². The third kappa shape index (κ3) is 6.51. The molecule has 66 heavy (non-hydrogen) atoms. The average Bonchev–Trinajstić information content (AvgIpc) is 3.87. The summed E-state index contributed by atoms with van der Waals surface area (Å²) in [7, 11) is 0. The summed E-state index contributed by atoms with van der Waals surface area (Å²) in [6.07, 6.45) is -4.91. The molecule has 8 aromatic carbocycles. The Kier molecular flexibility index (Phi) is 9.41. The summed E-state index contributed by atoms with van der Waals surface area (Å²) < 4.78 is 49.8. The third-order valence-corrected chi connectivity index (χ3v) is 11.9. The monoisotopic (exact) mass is 854 g/mol. The van der Waals surface area contributed by atoms with E-state index in [9.17, 15) is 31.6 Å². The minimum atomic E-state index is -4.91. The highest BCUT2D eigenvalue weighted by Gasteiger charge is 2.35. The van der Waals surface area contributed by atoms with Crippen LogP contribution in [0.4, 0.5) is 13.2 Å². The van der Waals surface area contributed by atoms with Crippen LogP contribution in [-0.2, 0) is 6.18 Å². The van der Waals surface area contributed by atoms with Crippen molar-refractivity contribution in [2.45, 2.75) is 6.18 Å². The Hall–Kier alpha value is -9.91. The van der Waals surface area contributed by atoms with E-state index in [-0.39, 0.29) is 44.8 Å². The number of nitriles is 6. The van der Waals surface area contributed by atoms with Crippen LogP contribution in [0.3, 0.4) is 0 Å². The van der Waals surface area contributed by atoms with Crippen molar-refractivity contribution < 1.29 is 13.2 Å². The summed E-state index contributed by atoms with van der Waals surface area (Å²) in [6, 6.07) is 55.1. The molecule has 306 valence electrons. The predicted octanol–water partition coefficient (Wildman–Crippen LogP) is 13.1. The summed E-state index contributed by atoms with van der Waals surface area (Å²) in [6.45, 7) is 0. The highest BCUT2D eigenvalue weighted by molar-refractivity contribution is 6.12. The van der Waals surface area contributed by atoms with E-state index in [1.165, 1.54) is 24.3 Å². The van der Waals surface area contributed by atoms with E-state index >= 15 is 13.2 Å². The van der Waals surface area contributed by atoms with Gasteiger partial charge in [0.2, 0.25) is 0 Å². The molecule has 0 amide bonds. The quantitative estimate of drug-likeness (QED) is 0.168. The van der Waals surface area contributed by atoms with Gasteiger partial charge in [0.1, 0.15) is 6.07 Å². The van der Waals surface area contributed by atoms with Gasteiger partial charge in [-0.2, -0.15) is 44.7 Å². The number of alkyl halides is 3. The Morgan fingerprint density at radius 3 is 1.26 bits per heavy atom. The number of hydrogen-bond donors (Lipinski definition) is 0. The molecule has 2 heterocycles. The molecule has 0 aliphatic rings. The van der Waals surface area contributed by atoms with Gasteiger partial charge in [0.25, 0.3) is 0 Å². The van der Waals surface area contributed by atoms with Crippen LogP contribution < -0.4 is 0 Å². The summed E-state index contributed by atoms with van der Waals surface area (Å²) in [4.78, 5) is 0. The molecule has 2 aromatic heterocycles. The van der Waals surface area contributed by atoms with Gasteiger partial charge in [-0.05, 0) is 113 Å². The molecule has 0 spiro atoms. The van der Waals surface area contributed by atoms with Crippen LogP contribution in [0.1, 0.15) is 38.9 Å². The fraction of sp³-hybridized carbons (Fsp3) is 0.0182. The Balaban J connectivity index is 1.33. The van der Waals surface area contributed by atoms with Crippen LogP contribution in [-0.4, -0.2) is 9.13 Å². The van der Waals surface area contributed by atoms with Gasteiger partial charge in [-0.1, -0.05) is 66.7 Å². The van der Waals surface area contributed by atoms with E-state index in [2.05, 4.69) is 30.3 Å². The smallest absolute Gasteiger partial charge is 0.309 e. The summed E-state index contributed by atoms with van der Waals surface area (Å²) in [5.74, 6) is 0. The average molecular weight is 855 g/mol. The Morgan fingerprint density at radius 1 is 0.348 bits per heavy atom. The van der Waals surface area contributed by atoms with Gasteiger partial charge in [-0.25, -0.2) is 0 Å². The molecule has 0 saturated heterocycles. The molecule has 10 aromatic rings. The molecule has 0 radical (unpaired) electrons. The molecule has 0 atom stereocenters. The van der Waals surface area contributed by atoms with Crippen molar-refractivity contribution in [2.24, 2.45) is 0 Å². The molecular weight excluding hydrogens is 830 g/mol. The first-order valence-corrected chi connectivity index (χ1v) is 20.2. The first kappa shape index (κ1) is 40.2. The molecule has 8 nitrogen and oxygen atoms in total. The Bertz CT molecular complexity index is 3950. The van der Waals surface area contributed by atoms with E-state index in [4.69, 9.17) is 0 Å². The van der Waals surface area contributed by atoms with Crippen molar-refractivity contribution in [1.29, 1.82) is 31.6 Å². The number of rotatable bonds is 5. The van der Waals surface area contributed by atoms with Gasteiger partial charge in [-0.3, -0.25) is 0 Å². The second kappa shape index (κ2) is 15.5. The van der Waals surface area contributed by atoms with Crippen molar-refractivity contribution in [3.63, 3.8) is 0 Å². The van der Waals surface area contributed by atoms with Crippen molar-refractivity contribution in [3.8, 4) is 81.2 Å². The second-order valence-electron chi connectivity index (χ2n) is 15.6. The van der Waals surface area contributed by atoms with Gasteiger partial charge in [0.15, 0.2) is 0 Å². The molecular formula is C55H25F3N8. The van der Waals surface area contributed by atoms with Crippen LogP contribution in [0.2, 0.25) is 0 Å². The van der Waals surface area contributed by atoms with Crippen molar-refractivity contribution in [3.05, 3.63) is 191 Å². The lowest BCUT2D eigenvalue weighted by Gasteiger charge is -2.21. The highest BCUT2D eigenvalue weighted by atomic mass is 19.4. The van der Waals surface area contributed by atoms with Crippen LogP contribution in [0, 0.1) is 68.0 Å². The third-order valence-electron chi connectivity index (χ3n) is 11.9. The van der Waals surface area contributed by atoms with Gasteiger partial charge >= 0.3 is 6.18 Å². The van der Waals surface area contributed by atoms with E-state index < -0.39 is 11.7 Å². The maximum Gasteiger partial charge on any atom is 0.417 e. The number of nitrogens with zero attached hydrogens (tertiary/aromatic N) is 8. The molecule has 0 saturated carbocycles. The molecule has 0 aliphatic heterocycles. The fourth-order valence-electron chi connectivity index (χ4n) is 9.00. The molecule has 0 fully saturated rings. The Labute approximate surface area is 374 Å². The standard InChI is InChI=1S/C55H25F3N8/c56-55(57,58)48-21-32(26-59)9-12-42(48)47-25-51(65-49-7-3-1-5-43(49)45-13-10-37(22-52(45)65)39-17-33(27-60)15-34(18-39)28-61)41(31-64)24-54(47)66-50-8-4-2-6-44(50)46-14-11-38(23-53(46)66)40-19-35(29-62)16-36(20-40)30-63/h1-25H. The summed E-state index contributed by atoms with van der Waals surface area (Å²) in [5, 5.41) is 63.2. The SMILES string of the molecule is N#Cc1cc(C#N)cc(-c2ccc3c4ccccc4n(-c4cc(-c5ccc(C#N)cc5C(F)(F)F)c(-n5c6ccccc6c6ccc(-c7cc(C#N)cc(C#N)c7)cc65)cc4C#N)c3c2)c1. The molecule has 0 unspecified atom stereocenters. The molecule has 0 N–H and O–H groups in total. The maximum atomic E-state index is 15.4. The van der Waals surface area contributed by atoms with Crippen LogP contribution in [0.25, 0.3) is 88.4 Å². The van der Waals surface area contributed by atoms with Gasteiger partial charge in [-0.15, -0.1) is 0 Å². The first-order valence-electron chi connectivity index (χ1n) is 20.2. The normalized spacial score (nSPS) is 11.2. The van der Waals surface area contributed by atoms with Crippen molar-refractivity contribution in [2.75, 3.05) is 0 Å². The lowest BCUT2D eigenvalue weighted by atomic mass is 9.93. The molecule has 0 bridgehead atoms. The lowest BCUT2D eigenvalue weighted by Crippen LogP contribution is -2.10. The van der Waals surface area contributed by atoms with E-state index in [0.29, 0.717) is 55.4 Å². The van der Waals surface area contributed by atoms with E-state index in [1.54, 1.807) is 36.4 Å². The summed E-state index contributed by atoms with van der Waals surface area (Å²) in [5.41, 5.74) is 5.39. The first-order chi connectivity index (χ1) is 32.0. The van der Waals surface area contributed by atoms with E-state index in [1.807, 2.05) is 100 Å². The molecule has 0 aliphatic carbocycles. The second-order valence-corrected chi connectivity index (χ2v) is 15.6. The topological polar surface area (TPSA) is 153 Å². The number of halogens is 3. The predicted molar refractivity (Wildman–Crippen MR) is 245 cm³/mol. The zero-order valence-corrected chi connectivity index (χ0v) is 34.1.